The van der Waals surface area contributed by atoms with E-state index in [0.29, 0.717) is 5.92 Å². The summed E-state index contributed by atoms with van der Waals surface area (Å²) in [7, 11) is 0. The molecule has 1 rings (SSSR count). The molecule has 4 heteroatoms. The van der Waals surface area contributed by atoms with E-state index in [1.54, 1.807) is 6.20 Å². The van der Waals surface area contributed by atoms with E-state index in [0.717, 1.165) is 36.7 Å². The van der Waals surface area contributed by atoms with Crippen LogP contribution in [0.15, 0.2) is 6.20 Å². The first kappa shape index (κ1) is 11.9. The molecular formula is C11H20N4. The highest BCUT2D eigenvalue weighted by Gasteiger charge is 2.02. The van der Waals surface area contributed by atoms with Crippen molar-refractivity contribution in [3.8, 4) is 0 Å². The molecule has 0 aliphatic carbocycles. The molecule has 0 saturated heterocycles. The van der Waals surface area contributed by atoms with E-state index >= 15 is 0 Å². The number of aromatic nitrogens is 2. The van der Waals surface area contributed by atoms with E-state index in [-0.39, 0.29) is 0 Å². The third-order valence-corrected chi connectivity index (χ3v) is 2.48. The zero-order valence-corrected chi connectivity index (χ0v) is 9.75. The molecule has 0 amide bonds. The van der Waals surface area contributed by atoms with Crippen LogP contribution in [0.3, 0.4) is 0 Å². The second kappa shape index (κ2) is 5.66. The summed E-state index contributed by atoms with van der Waals surface area (Å²) in [5, 5.41) is 3.27. The topological polar surface area (TPSA) is 63.8 Å². The van der Waals surface area contributed by atoms with Crippen molar-refractivity contribution < 1.29 is 0 Å². The van der Waals surface area contributed by atoms with Crippen LogP contribution in [0, 0.1) is 19.8 Å². The molecule has 3 N–H and O–H groups in total. The van der Waals surface area contributed by atoms with Crippen LogP contribution in [0.1, 0.15) is 24.7 Å². The monoisotopic (exact) mass is 208 g/mol. The lowest BCUT2D eigenvalue weighted by Gasteiger charge is -2.12. The van der Waals surface area contributed by atoms with Crippen LogP contribution in [-0.4, -0.2) is 23.1 Å². The minimum atomic E-state index is 0.568. The molecule has 15 heavy (non-hydrogen) atoms. The highest BCUT2D eigenvalue weighted by atomic mass is 15.0. The van der Waals surface area contributed by atoms with E-state index in [9.17, 15) is 0 Å². The van der Waals surface area contributed by atoms with E-state index in [2.05, 4.69) is 22.2 Å². The van der Waals surface area contributed by atoms with Gasteiger partial charge in [0.1, 0.15) is 5.82 Å². The molecule has 0 bridgehead atoms. The zero-order chi connectivity index (χ0) is 11.3. The lowest BCUT2D eigenvalue weighted by atomic mass is 10.1. The third kappa shape index (κ3) is 3.83. The van der Waals surface area contributed by atoms with Gasteiger partial charge in [0.25, 0.3) is 0 Å². The smallest absolute Gasteiger partial charge is 0.144 e. The van der Waals surface area contributed by atoms with Crippen molar-refractivity contribution in [1.82, 2.24) is 9.97 Å². The van der Waals surface area contributed by atoms with Gasteiger partial charge in [-0.2, -0.15) is 0 Å². The van der Waals surface area contributed by atoms with E-state index < -0.39 is 0 Å². The SMILES string of the molecule is Cc1ncc(NCC(C)CCN)nc1C. The van der Waals surface area contributed by atoms with Gasteiger partial charge in [0.05, 0.1) is 17.6 Å². The summed E-state index contributed by atoms with van der Waals surface area (Å²) < 4.78 is 0. The molecule has 1 unspecified atom stereocenters. The molecule has 0 aromatic carbocycles. The molecule has 1 atom stereocenters. The van der Waals surface area contributed by atoms with Gasteiger partial charge in [0, 0.05) is 6.54 Å². The second-order valence-corrected chi connectivity index (χ2v) is 3.99. The van der Waals surface area contributed by atoms with E-state index in [1.807, 2.05) is 13.8 Å². The van der Waals surface area contributed by atoms with Crippen molar-refractivity contribution in [3.05, 3.63) is 17.6 Å². The molecule has 0 aliphatic rings. The van der Waals surface area contributed by atoms with Gasteiger partial charge in [-0.25, -0.2) is 4.98 Å². The normalized spacial score (nSPS) is 12.5. The average Bonchev–Trinajstić information content (AvgIpc) is 2.20. The number of anilines is 1. The summed E-state index contributed by atoms with van der Waals surface area (Å²) in [5.74, 6) is 1.42. The van der Waals surface area contributed by atoms with E-state index in [4.69, 9.17) is 5.73 Å². The summed E-state index contributed by atoms with van der Waals surface area (Å²) in [6, 6.07) is 0. The largest absolute Gasteiger partial charge is 0.369 e. The number of nitrogens with one attached hydrogen (secondary N) is 1. The number of rotatable bonds is 5. The van der Waals surface area contributed by atoms with Crippen LogP contribution in [0.25, 0.3) is 0 Å². The Morgan fingerprint density at radius 2 is 2.13 bits per heavy atom. The molecule has 0 radical (unpaired) electrons. The zero-order valence-electron chi connectivity index (χ0n) is 9.75. The van der Waals surface area contributed by atoms with Gasteiger partial charge in [-0.3, -0.25) is 4.98 Å². The fraction of sp³-hybridized carbons (Fsp3) is 0.636. The minimum Gasteiger partial charge on any atom is -0.369 e. The maximum absolute atomic E-state index is 5.49. The molecule has 4 nitrogen and oxygen atoms in total. The van der Waals surface area contributed by atoms with Crippen LogP contribution in [-0.2, 0) is 0 Å². The van der Waals surface area contributed by atoms with Crippen molar-refractivity contribution in [2.75, 3.05) is 18.4 Å². The first-order chi connectivity index (χ1) is 7.13. The number of aryl methyl sites for hydroxylation is 2. The maximum Gasteiger partial charge on any atom is 0.144 e. The highest BCUT2D eigenvalue weighted by Crippen LogP contribution is 2.07. The number of nitrogens with zero attached hydrogens (tertiary/aromatic N) is 2. The van der Waals surface area contributed by atoms with Gasteiger partial charge >= 0.3 is 0 Å². The second-order valence-electron chi connectivity index (χ2n) is 3.99. The van der Waals surface area contributed by atoms with Gasteiger partial charge in [0.2, 0.25) is 0 Å². The van der Waals surface area contributed by atoms with Gasteiger partial charge < -0.3 is 11.1 Å². The minimum absolute atomic E-state index is 0.568. The summed E-state index contributed by atoms with van der Waals surface area (Å²) in [6.45, 7) is 7.74. The Morgan fingerprint density at radius 3 is 2.73 bits per heavy atom. The highest BCUT2D eigenvalue weighted by molar-refractivity contribution is 5.33. The van der Waals surface area contributed by atoms with Gasteiger partial charge in [-0.05, 0) is 32.7 Å². The predicted octanol–water partition coefficient (Wildman–Crippen LogP) is 1.49. The van der Waals surface area contributed by atoms with Gasteiger partial charge in [-0.15, -0.1) is 0 Å². The van der Waals surface area contributed by atoms with Crippen molar-refractivity contribution in [1.29, 1.82) is 0 Å². The van der Waals surface area contributed by atoms with Crippen LogP contribution in [0.4, 0.5) is 5.82 Å². The van der Waals surface area contributed by atoms with Gasteiger partial charge in [-0.1, -0.05) is 6.92 Å². The summed E-state index contributed by atoms with van der Waals surface area (Å²) in [6.07, 6.45) is 2.81. The Balaban J connectivity index is 2.47. The lowest BCUT2D eigenvalue weighted by molar-refractivity contribution is 0.567. The predicted molar refractivity (Wildman–Crippen MR) is 62.8 cm³/mol. The summed E-state index contributed by atoms with van der Waals surface area (Å²) in [4.78, 5) is 8.65. The van der Waals surface area contributed by atoms with Crippen LogP contribution < -0.4 is 11.1 Å². The molecular weight excluding hydrogens is 188 g/mol. The number of nitrogens with two attached hydrogens (primary N) is 1. The van der Waals surface area contributed by atoms with Crippen molar-refractivity contribution >= 4 is 5.82 Å². The first-order valence-corrected chi connectivity index (χ1v) is 5.37. The molecule has 1 aromatic rings. The van der Waals surface area contributed by atoms with Crippen molar-refractivity contribution in [2.45, 2.75) is 27.2 Å². The van der Waals surface area contributed by atoms with Crippen molar-refractivity contribution in [3.63, 3.8) is 0 Å². The number of hydrogen-bond donors (Lipinski definition) is 2. The van der Waals surface area contributed by atoms with Gasteiger partial charge in [0.15, 0.2) is 0 Å². The third-order valence-electron chi connectivity index (χ3n) is 2.48. The molecule has 1 aromatic heterocycles. The lowest BCUT2D eigenvalue weighted by Crippen LogP contribution is -2.16. The Hall–Kier alpha value is -1.16. The summed E-state index contributed by atoms with van der Waals surface area (Å²) in [5.41, 5.74) is 7.45. The van der Waals surface area contributed by atoms with Crippen LogP contribution in [0.5, 0.6) is 0 Å². The Bertz CT molecular complexity index is 311. The van der Waals surface area contributed by atoms with Crippen molar-refractivity contribution in [2.24, 2.45) is 11.7 Å². The van der Waals surface area contributed by atoms with Crippen LogP contribution in [0.2, 0.25) is 0 Å². The average molecular weight is 208 g/mol. The number of hydrogen-bond acceptors (Lipinski definition) is 4. The van der Waals surface area contributed by atoms with Crippen LogP contribution >= 0.6 is 0 Å². The molecule has 0 fully saturated rings. The fourth-order valence-electron chi connectivity index (χ4n) is 1.29. The molecule has 84 valence electrons. The fourth-order valence-corrected chi connectivity index (χ4v) is 1.29. The molecule has 0 spiro atoms. The standard InChI is InChI=1S/C11H20N4/c1-8(4-5-12)6-14-11-7-13-9(2)10(3)15-11/h7-8H,4-6,12H2,1-3H3,(H,14,15). The Labute approximate surface area is 91.3 Å². The Kier molecular flexibility index (Phi) is 4.49. The first-order valence-electron chi connectivity index (χ1n) is 5.37. The van der Waals surface area contributed by atoms with E-state index in [1.165, 1.54) is 0 Å². The molecule has 0 saturated carbocycles. The molecule has 1 heterocycles. The summed E-state index contributed by atoms with van der Waals surface area (Å²) >= 11 is 0. The molecule has 0 aliphatic heterocycles. The Morgan fingerprint density at radius 1 is 1.40 bits per heavy atom. The maximum atomic E-state index is 5.49. The quantitative estimate of drug-likeness (QED) is 0.769.